The standard InChI is InChI=1S/C14H17ClN4O/c1-9(14-16-6-7-19(14)3)17-11-4-5-13(12(15)8-11)18-10(2)20/h4-9,17H,1-3H3,(H,18,20). The lowest BCUT2D eigenvalue weighted by Gasteiger charge is -2.16. The minimum Gasteiger partial charge on any atom is -0.375 e. The predicted molar refractivity (Wildman–Crippen MR) is 81.0 cm³/mol. The smallest absolute Gasteiger partial charge is 0.221 e. The summed E-state index contributed by atoms with van der Waals surface area (Å²) in [6.07, 6.45) is 3.67. The Balaban J connectivity index is 2.12. The number of amides is 1. The molecule has 0 radical (unpaired) electrons. The fourth-order valence-corrected chi connectivity index (χ4v) is 2.23. The van der Waals surface area contributed by atoms with Crippen molar-refractivity contribution in [1.82, 2.24) is 9.55 Å². The topological polar surface area (TPSA) is 59.0 Å². The molecule has 0 fully saturated rings. The van der Waals surface area contributed by atoms with Gasteiger partial charge in [0.05, 0.1) is 16.8 Å². The molecule has 1 unspecified atom stereocenters. The monoisotopic (exact) mass is 292 g/mol. The molecule has 0 aliphatic rings. The molecule has 2 aromatic rings. The molecule has 1 aromatic heterocycles. The van der Waals surface area contributed by atoms with Crippen LogP contribution in [0.15, 0.2) is 30.6 Å². The highest BCUT2D eigenvalue weighted by molar-refractivity contribution is 6.34. The molecule has 0 saturated heterocycles. The molecule has 2 rings (SSSR count). The van der Waals surface area contributed by atoms with Crippen LogP contribution in [0.3, 0.4) is 0 Å². The van der Waals surface area contributed by atoms with Gasteiger partial charge in [-0.25, -0.2) is 4.98 Å². The molecule has 0 aliphatic heterocycles. The van der Waals surface area contributed by atoms with Crippen molar-refractivity contribution in [3.8, 4) is 0 Å². The van der Waals surface area contributed by atoms with E-state index < -0.39 is 0 Å². The molecule has 1 atom stereocenters. The van der Waals surface area contributed by atoms with Crippen LogP contribution >= 0.6 is 11.6 Å². The number of rotatable bonds is 4. The Labute approximate surface area is 123 Å². The Morgan fingerprint density at radius 1 is 1.45 bits per heavy atom. The van der Waals surface area contributed by atoms with Gasteiger partial charge in [0.15, 0.2) is 0 Å². The van der Waals surface area contributed by atoms with E-state index in [0.717, 1.165) is 11.5 Å². The van der Waals surface area contributed by atoms with E-state index in [4.69, 9.17) is 11.6 Å². The Hall–Kier alpha value is -2.01. The zero-order chi connectivity index (χ0) is 14.7. The van der Waals surface area contributed by atoms with Crippen LogP contribution in [0.2, 0.25) is 5.02 Å². The maximum absolute atomic E-state index is 11.0. The average Bonchev–Trinajstić information content (AvgIpc) is 2.78. The van der Waals surface area contributed by atoms with E-state index in [9.17, 15) is 4.79 Å². The van der Waals surface area contributed by atoms with E-state index >= 15 is 0 Å². The number of hydrogen-bond acceptors (Lipinski definition) is 3. The van der Waals surface area contributed by atoms with Crippen LogP contribution in [0.4, 0.5) is 11.4 Å². The highest BCUT2D eigenvalue weighted by Gasteiger charge is 2.11. The van der Waals surface area contributed by atoms with Gasteiger partial charge in [-0.15, -0.1) is 0 Å². The molecule has 0 spiro atoms. The van der Waals surface area contributed by atoms with Crippen molar-refractivity contribution in [1.29, 1.82) is 0 Å². The average molecular weight is 293 g/mol. The molecule has 1 amide bonds. The number of imidazole rings is 1. The van der Waals surface area contributed by atoms with Crippen LogP contribution in [-0.2, 0) is 11.8 Å². The normalized spacial score (nSPS) is 12.0. The maximum atomic E-state index is 11.0. The van der Waals surface area contributed by atoms with Gasteiger partial charge in [-0.2, -0.15) is 0 Å². The molecule has 106 valence electrons. The van der Waals surface area contributed by atoms with Crippen LogP contribution in [-0.4, -0.2) is 15.5 Å². The third-order valence-electron chi connectivity index (χ3n) is 2.91. The summed E-state index contributed by atoms with van der Waals surface area (Å²) >= 11 is 6.14. The number of carbonyl (C=O) groups excluding carboxylic acids is 1. The highest BCUT2D eigenvalue weighted by Crippen LogP contribution is 2.27. The summed E-state index contributed by atoms with van der Waals surface area (Å²) < 4.78 is 1.96. The first-order valence-electron chi connectivity index (χ1n) is 6.28. The van der Waals surface area contributed by atoms with Gasteiger partial charge in [-0.1, -0.05) is 11.6 Å². The minimum absolute atomic E-state index is 0.0534. The molecule has 1 aromatic carbocycles. The van der Waals surface area contributed by atoms with Gasteiger partial charge >= 0.3 is 0 Å². The van der Waals surface area contributed by atoms with Gasteiger partial charge in [0, 0.05) is 32.1 Å². The Kier molecular flexibility index (Phi) is 4.29. The summed E-state index contributed by atoms with van der Waals surface area (Å²) in [7, 11) is 1.95. The summed E-state index contributed by atoms with van der Waals surface area (Å²) in [6, 6.07) is 5.48. The SMILES string of the molecule is CC(=O)Nc1ccc(NC(C)c2nccn2C)cc1Cl. The zero-order valence-corrected chi connectivity index (χ0v) is 12.4. The van der Waals surface area contributed by atoms with Crippen molar-refractivity contribution in [2.24, 2.45) is 7.05 Å². The van der Waals surface area contributed by atoms with E-state index in [0.29, 0.717) is 10.7 Å². The number of nitrogens with one attached hydrogen (secondary N) is 2. The van der Waals surface area contributed by atoms with Gasteiger partial charge in [0.1, 0.15) is 5.82 Å². The number of hydrogen-bond donors (Lipinski definition) is 2. The van der Waals surface area contributed by atoms with Gasteiger partial charge in [0.25, 0.3) is 0 Å². The van der Waals surface area contributed by atoms with Crippen LogP contribution in [0.1, 0.15) is 25.7 Å². The van der Waals surface area contributed by atoms with Crippen LogP contribution in [0.25, 0.3) is 0 Å². The summed E-state index contributed by atoms with van der Waals surface area (Å²) in [5.74, 6) is 0.793. The Bertz CT molecular complexity index is 623. The molecule has 0 saturated carbocycles. The summed E-state index contributed by atoms with van der Waals surface area (Å²) in [4.78, 5) is 15.3. The third-order valence-corrected chi connectivity index (χ3v) is 3.22. The van der Waals surface area contributed by atoms with Gasteiger partial charge in [-0.05, 0) is 25.1 Å². The van der Waals surface area contributed by atoms with E-state index in [1.165, 1.54) is 6.92 Å². The first-order valence-corrected chi connectivity index (χ1v) is 6.66. The predicted octanol–water partition coefficient (Wildman–Crippen LogP) is 3.21. The lowest BCUT2D eigenvalue weighted by molar-refractivity contribution is -0.114. The second-order valence-corrected chi connectivity index (χ2v) is 5.05. The van der Waals surface area contributed by atoms with Crippen molar-refractivity contribution in [3.63, 3.8) is 0 Å². The molecular weight excluding hydrogens is 276 g/mol. The van der Waals surface area contributed by atoms with E-state index in [-0.39, 0.29) is 11.9 Å². The number of aryl methyl sites for hydroxylation is 1. The van der Waals surface area contributed by atoms with Crippen molar-refractivity contribution < 1.29 is 4.79 Å². The lowest BCUT2D eigenvalue weighted by atomic mass is 10.2. The Morgan fingerprint density at radius 2 is 2.20 bits per heavy atom. The van der Waals surface area contributed by atoms with Crippen LogP contribution < -0.4 is 10.6 Å². The summed E-state index contributed by atoms with van der Waals surface area (Å²) in [6.45, 7) is 3.48. The molecule has 5 nitrogen and oxygen atoms in total. The van der Waals surface area contributed by atoms with Gasteiger partial charge < -0.3 is 15.2 Å². The quantitative estimate of drug-likeness (QED) is 0.910. The fourth-order valence-electron chi connectivity index (χ4n) is 2.00. The van der Waals surface area contributed by atoms with Gasteiger partial charge in [-0.3, -0.25) is 4.79 Å². The van der Waals surface area contributed by atoms with Crippen LogP contribution in [0.5, 0.6) is 0 Å². The molecule has 0 bridgehead atoms. The Morgan fingerprint density at radius 3 is 2.75 bits per heavy atom. The number of nitrogens with zero attached hydrogens (tertiary/aromatic N) is 2. The second kappa shape index (κ2) is 5.96. The van der Waals surface area contributed by atoms with E-state index in [1.807, 2.05) is 30.8 Å². The molecule has 2 N–H and O–H groups in total. The second-order valence-electron chi connectivity index (χ2n) is 4.64. The van der Waals surface area contributed by atoms with Crippen LogP contribution in [0, 0.1) is 0 Å². The molecule has 6 heteroatoms. The molecule has 1 heterocycles. The maximum Gasteiger partial charge on any atom is 0.221 e. The zero-order valence-electron chi connectivity index (χ0n) is 11.6. The van der Waals surface area contributed by atoms with E-state index in [2.05, 4.69) is 15.6 Å². The van der Waals surface area contributed by atoms with Crippen molar-refractivity contribution in [2.45, 2.75) is 19.9 Å². The van der Waals surface area contributed by atoms with Crippen molar-refractivity contribution in [3.05, 3.63) is 41.4 Å². The minimum atomic E-state index is -0.144. The van der Waals surface area contributed by atoms with Crippen molar-refractivity contribution in [2.75, 3.05) is 10.6 Å². The largest absolute Gasteiger partial charge is 0.375 e. The summed E-state index contributed by atoms with van der Waals surface area (Å²) in [5, 5.41) is 6.50. The number of halogens is 1. The molecular formula is C14H17ClN4O. The number of aromatic nitrogens is 2. The first-order chi connectivity index (χ1) is 9.47. The van der Waals surface area contributed by atoms with E-state index in [1.54, 1.807) is 18.3 Å². The number of carbonyl (C=O) groups is 1. The summed E-state index contributed by atoms with van der Waals surface area (Å²) in [5.41, 5.74) is 1.48. The van der Waals surface area contributed by atoms with Gasteiger partial charge in [0.2, 0.25) is 5.91 Å². The molecule has 20 heavy (non-hydrogen) atoms. The number of benzene rings is 1. The molecule has 0 aliphatic carbocycles. The third kappa shape index (κ3) is 3.30. The lowest BCUT2D eigenvalue weighted by Crippen LogP contribution is -2.12. The first kappa shape index (κ1) is 14.4. The number of anilines is 2. The van der Waals surface area contributed by atoms with Crippen molar-refractivity contribution >= 4 is 28.9 Å². The highest BCUT2D eigenvalue weighted by atomic mass is 35.5. The fraction of sp³-hybridized carbons (Fsp3) is 0.286.